The Hall–Kier alpha value is -0.480. The van der Waals surface area contributed by atoms with Crippen molar-refractivity contribution in [2.45, 2.75) is 52.9 Å². The molecule has 0 aliphatic rings. The van der Waals surface area contributed by atoms with Crippen LogP contribution in [0.4, 0.5) is 0 Å². The molecule has 0 bridgehead atoms. The van der Waals surface area contributed by atoms with Crippen molar-refractivity contribution in [1.82, 2.24) is 5.32 Å². The predicted molar refractivity (Wildman–Crippen MR) is 64.2 cm³/mol. The normalized spacial score (nSPS) is 10.0. The van der Waals surface area contributed by atoms with Gasteiger partial charge in [0.05, 0.1) is 0 Å². The van der Waals surface area contributed by atoms with Crippen molar-refractivity contribution in [2.24, 2.45) is 5.92 Å². The minimum Gasteiger partial charge on any atom is -0.317 e. The molecule has 1 nitrogen and oxygen atoms in total. The van der Waals surface area contributed by atoms with Gasteiger partial charge in [0.15, 0.2) is 0 Å². The van der Waals surface area contributed by atoms with Crippen LogP contribution in [0.1, 0.15) is 52.9 Å². The van der Waals surface area contributed by atoms with Crippen LogP contribution in [0, 0.1) is 17.8 Å². The van der Waals surface area contributed by atoms with Gasteiger partial charge in [0.2, 0.25) is 0 Å². The zero-order valence-corrected chi connectivity index (χ0v) is 10.0. The van der Waals surface area contributed by atoms with Gasteiger partial charge in [-0.2, -0.15) is 0 Å². The standard InChI is InChI=1S/C13H25N/c1-4-14-12-10-8-6-5-7-9-11-13(2)3/h13-14H,4-8,10,12H2,1-3H3. The molecule has 1 N–H and O–H groups in total. The van der Waals surface area contributed by atoms with E-state index < -0.39 is 0 Å². The van der Waals surface area contributed by atoms with Crippen LogP contribution < -0.4 is 5.32 Å². The van der Waals surface area contributed by atoms with Crippen LogP contribution in [0.3, 0.4) is 0 Å². The lowest BCUT2D eigenvalue weighted by Crippen LogP contribution is -2.13. The molecular formula is C13H25N. The van der Waals surface area contributed by atoms with E-state index in [0.717, 1.165) is 13.0 Å². The van der Waals surface area contributed by atoms with E-state index in [0.29, 0.717) is 5.92 Å². The first-order valence-electron chi connectivity index (χ1n) is 5.96. The minimum absolute atomic E-state index is 0.531. The van der Waals surface area contributed by atoms with Crippen LogP contribution in [0.2, 0.25) is 0 Å². The van der Waals surface area contributed by atoms with Gasteiger partial charge in [0.1, 0.15) is 0 Å². The molecule has 0 unspecified atom stereocenters. The lowest BCUT2D eigenvalue weighted by molar-refractivity contribution is 0.603. The summed E-state index contributed by atoms with van der Waals surface area (Å²) >= 11 is 0. The second kappa shape index (κ2) is 10.6. The molecule has 0 aromatic carbocycles. The first-order chi connectivity index (χ1) is 6.77. The van der Waals surface area contributed by atoms with Crippen LogP contribution in [0.15, 0.2) is 0 Å². The highest BCUT2D eigenvalue weighted by Gasteiger charge is 1.88. The van der Waals surface area contributed by atoms with E-state index in [-0.39, 0.29) is 0 Å². The van der Waals surface area contributed by atoms with Crippen molar-refractivity contribution in [3.05, 3.63) is 0 Å². The average Bonchev–Trinajstić information content (AvgIpc) is 2.15. The van der Waals surface area contributed by atoms with Gasteiger partial charge in [-0.25, -0.2) is 0 Å². The lowest BCUT2D eigenvalue weighted by Gasteiger charge is -2.00. The highest BCUT2D eigenvalue weighted by Crippen LogP contribution is 2.01. The van der Waals surface area contributed by atoms with Crippen molar-refractivity contribution in [1.29, 1.82) is 0 Å². The Morgan fingerprint density at radius 1 is 1.07 bits per heavy atom. The summed E-state index contributed by atoms with van der Waals surface area (Å²) in [5, 5.41) is 3.34. The average molecular weight is 195 g/mol. The summed E-state index contributed by atoms with van der Waals surface area (Å²) in [6, 6.07) is 0. The monoisotopic (exact) mass is 195 g/mol. The molecule has 0 saturated heterocycles. The number of nitrogens with one attached hydrogen (secondary N) is 1. The topological polar surface area (TPSA) is 12.0 Å². The molecule has 0 saturated carbocycles. The lowest BCUT2D eigenvalue weighted by atomic mass is 10.1. The third-order valence-corrected chi connectivity index (χ3v) is 2.05. The quantitative estimate of drug-likeness (QED) is 0.486. The van der Waals surface area contributed by atoms with Gasteiger partial charge in [-0.15, -0.1) is 11.8 Å². The third-order valence-electron chi connectivity index (χ3n) is 2.05. The summed E-state index contributed by atoms with van der Waals surface area (Å²) in [7, 11) is 0. The van der Waals surface area contributed by atoms with E-state index in [1.54, 1.807) is 0 Å². The second-order valence-electron chi connectivity index (χ2n) is 3.99. The molecule has 0 atom stereocenters. The number of hydrogen-bond acceptors (Lipinski definition) is 1. The molecule has 0 aromatic heterocycles. The molecule has 0 aromatic rings. The van der Waals surface area contributed by atoms with E-state index in [4.69, 9.17) is 0 Å². The Morgan fingerprint density at radius 2 is 1.79 bits per heavy atom. The Morgan fingerprint density at radius 3 is 2.43 bits per heavy atom. The van der Waals surface area contributed by atoms with Crippen molar-refractivity contribution < 1.29 is 0 Å². The predicted octanol–water partition coefficient (Wildman–Crippen LogP) is 3.21. The SMILES string of the molecule is CCNCCCCCCC#CC(C)C. The van der Waals surface area contributed by atoms with Crippen LogP contribution in [-0.2, 0) is 0 Å². The molecule has 14 heavy (non-hydrogen) atoms. The van der Waals surface area contributed by atoms with Crippen LogP contribution in [0.25, 0.3) is 0 Å². The number of hydrogen-bond donors (Lipinski definition) is 1. The van der Waals surface area contributed by atoms with E-state index in [9.17, 15) is 0 Å². The smallest absolute Gasteiger partial charge is 0.0146 e. The number of unbranched alkanes of at least 4 members (excludes halogenated alkanes) is 4. The van der Waals surface area contributed by atoms with Crippen molar-refractivity contribution in [3.63, 3.8) is 0 Å². The highest BCUT2D eigenvalue weighted by atomic mass is 14.8. The van der Waals surface area contributed by atoms with Gasteiger partial charge in [-0.05, 0) is 25.9 Å². The van der Waals surface area contributed by atoms with Gasteiger partial charge in [0, 0.05) is 12.3 Å². The fraction of sp³-hybridized carbons (Fsp3) is 0.846. The zero-order chi connectivity index (χ0) is 10.6. The largest absolute Gasteiger partial charge is 0.317 e. The van der Waals surface area contributed by atoms with E-state index in [1.165, 1.54) is 32.2 Å². The molecule has 0 rings (SSSR count). The maximum atomic E-state index is 3.34. The van der Waals surface area contributed by atoms with Crippen molar-refractivity contribution >= 4 is 0 Å². The molecule has 0 aliphatic heterocycles. The molecule has 0 fully saturated rings. The van der Waals surface area contributed by atoms with Crippen LogP contribution in [-0.4, -0.2) is 13.1 Å². The fourth-order valence-corrected chi connectivity index (χ4v) is 1.27. The Labute approximate surface area is 89.7 Å². The van der Waals surface area contributed by atoms with Gasteiger partial charge in [0.25, 0.3) is 0 Å². The number of rotatable bonds is 7. The summed E-state index contributed by atoms with van der Waals surface area (Å²) in [5.41, 5.74) is 0. The summed E-state index contributed by atoms with van der Waals surface area (Å²) < 4.78 is 0. The summed E-state index contributed by atoms with van der Waals surface area (Å²) in [5.74, 6) is 6.95. The Balaban J connectivity index is 3.04. The van der Waals surface area contributed by atoms with Crippen molar-refractivity contribution in [2.75, 3.05) is 13.1 Å². The van der Waals surface area contributed by atoms with E-state index >= 15 is 0 Å². The molecule has 0 aliphatic carbocycles. The highest BCUT2D eigenvalue weighted by molar-refractivity contribution is 5.00. The Bertz CT molecular complexity index is 162. The van der Waals surface area contributed by atoms with E-state index in [2.05, 4.69) is 37.9 Å². The van der Waals surface area contributed by atoms with Crippen molar-refractivity contribution in [3.8, 4) is 11.8 Å². The summed E-state index contributed by atoms with van der Waals surface area (Å²) in [6.07, 6.45) is 6.34. The molecule has 0 radical (unpaired) electrons. The third kappa shape index (κ3) is 11.5. The van der Waals surface area contributed by atoms with Crippen LogP contribution in [0.5, 0.6) is 0 Å². The molecule has 0 heterocycles. The van der Waals surface area contributed by atoms with Gasteiger partial charge in [-0.1, -0.05) is 33.6 Å². The Kier molecular flexibility index (Phi) is 10.2. The maximum absolute atomic E-state index is 3.34. The molecule has 82 valence electrons. The molecule has 0 amide bonds. The van der Waals surface area contributed by atoms with Gasteiger partial charge >= 0.3 is 0 Å². The second-order valence-corrected chi connectivity index (χ2v) is 3.99. The van der Waals surface area contributed by atoms with Gasteiger partial charge < -0.3 is 5.32 Å². The summed E-state index contributed by atoms with van der Waals surface area (Å²) in [6.45, 7) is 8.71. The molecular weight excluding hydrogens is 170 g/mol. The first kappa shape index (κ1) is 13.5. The van der Waals surface area contributed by atoms with Crippen LogP contribution >= 0.6 is 0 Å². The summed E-state index contributed by atoms with van der Waals surface area (Å²) in [4.78, 5) is 0. The fourth-order valence-electron chi connectivity index (χ4n) is 1.27. The zero-order valence-electron chi connectivity index (χ0n) is 10.0. The maximum Gasteiger partial charge on any atom is 0.0146 e. The first-order valence-corrected chi connectivity index (χ1v) is 5.96. The van der Waals surface area contributed by atoms with E-state index in [1.807, 2.05) is 0 Å². The van der Waals surface area contributed by atoms with Gasteiger partial charge in [-0.3, -0.25) is 0 Å². The minimum atomic E-state index is 0.531. The molecule has 0 spiro atoms. The molecule has 1 heteroatoms.